The molecule has 0 atom stereocenters. The minimum Gasteiger partial charge on any atom is -0.324 e. The van der Waals surface area contributed by atoms with Gasteiger partial charge in [-0.2, -0.15) is 18.4 Å². The Morgan fingerprint density at radius 3 is 2.58 bits per heavy atom. The van der Waals surface area contributed by atoms with E-state index < -0.39 is 29.1 Å². The maximum absolute atomic E-state index is 12.0. The number of anilines is 1. The fraction of sp³-hybridized carbons (Fsp3) is 0.200. The highest BCUT2D eigenvalue weighted by Crippen LogP contribution is 2.24. The van der Waals surface area contributed by atoms with E-state index >= 15 is 0 Å². The molecule has 9 heteroatoms. The zero-order valence-electron chi connectivity index (χ0n) is 9.19. The first kappa shape index (κ1) is 14.4. The highest BCUT2D eigenvalue weighted by Gasteiger charge is 2.31. The summed E-state index contributed by atoms with van der Waals surface area (Å²) in [5.74, 6) is -1.40. The van der Waals surface area contributed by atoms with Crippen molar-refractivity contribution >= 4 is 17.3 Å². The van der Waals surface area contributed by atoms with Crippen molar-refractivity contribution in [1.29, 1.82) is 5.26 Å². The number of amides is 1. The number of halogens is 3. The number of nitro benzene ring substituents is 1. The van der Waals surface area contributed by atoms with Gasteiger partial charge in [0.1, 0.15) is 12.5 Å². The van der Waals surface area contributed by atoms with Gasteiger partial charge in [-0.15, -0.1) is 0 Å². The summed E-state index contributed by atoms with van der Waals surface area (Å²) in [5.41, 5.74) is -0.937. The van der Waals surface area contributed by atoms with Crippen LogP contribution in [0.1, 0.15) is 12.0 Å². The van der Waals surface area contributed by atoms with Crippen LogP contribution in [0.4, 0.5) is 24.5 Å². The number of non-ortho nitro benzene ring substituents is 1. The number of hydrogen-bond acceptors (Lipinski definition) is 4. The van der Waals surface area contributed by atoms with Gasteiger partial charge in [0, 0.05) is 12.1 Å². The van der Waals surface area contributed by atoms with Gasteiger partial charge >= 0.3 is 6.18 Å². The third kappa shape index (κ3) is 4.27. The molecule has 0 radical (unpaired) electrons. The molecule has 1 aromatic carbocycles. The van der Waals surface area contributed by atoms with E-state index in [9.17, 15) is 28.1 Å². The molecule has 1 N–H and O–H groups in total. The van der Waals surface area contributed by atoms with Crippen LogP contribution in [-0.2, 0) is 4.79 Å². The van der Waals surface area contributed by atoms with Crippen LogP contribution < -0.4 is 5.32 Å². The second kappa shape index (κ2) is 5.34. The molecule has 0 aliphatic carbocycles. The van der Waals surface area contributed by atoms with Crippen molar-refractivity contribution in [3.63, 3.8) is 0 Å². The van der Waals surface area contributed by atoms with Gasteiger partial charge in [0.25, 0.3) is 5.69 Å². The summed E-state index contributed by atoms with van der Waals surface area (Å²) >= 11 is 0. The molecule has 1 rings (SSSR count). The fourth-order valence-corrected chi connectivity index (χ4v) is 1.22. The number of nitrogens with one attached hydrogen (secondary N) is 1. The quantitative estimate of drug-likeness (QED) is 0.675. The van der Waals surface area contributed by atoms with E-state index in [0.29, 0.717) is 0 Å². The van der Waals surface area contributed by atoms with Crippen molar-refractivity contribution in [2.24, 2.45) is 0 Å². The molecular formula is C10H6F3N3O3. The highest BCUT2D eigenvalue weighted by atomic mass is 19.4. The van der Waals surface area contributed by atoms with Gasteiger partial charge in [0.2, 0.25) is 5.91 Å². The molecule has 0 aliphatic heterocycles. The maximum Gasteiger partial charge on any atom is 0.397 e. The molecule has 0 bridgehead atoms. The Kier molecular flexibility index (Phi) is 4.06. The van der Waals surface area contributed by atoms with E-state index in [1.807, 2.05) is 5.32 Å². The van der Waals surface area contributed by atoms with Crippen LogP contribution in [0.15, 0.2) is 18.2 Å². The van der Waals surface area contributed by atoms with E-state index in [-0.39, 0.29) is 11.3 Å². The first-order valence-corrected chi connectivity index (χ1v) is 4.78. The Labute approximate surface area is 104 Å². The van der Waals surface area contributed by atoms with Crippen LogP contribution in [-0.4, -0.2) is 17.0 Å². The number of alkyl halides is 3. The molecule has 19 heavy (non-hydrogen) atoms. The summed E-state index contributed by atoms with van der Waals surface area (Å²) in [6.45, 7) is 0. The van der Waals surface area contributed by atoms with Crippen molar-refractivity contribution in [2.45, 2.75) is 12.6 Å². The summed E-state index contributed by atoms with van der Waals surface area (Å²) in [5, 5.41) is 21.0. The Morgan fingerprint density at radius 2 is 2.11 bits per heavy atom. The normalized spacial score (nSPS) is 10.6. The lowest BCUT2D eigenvalue weighted by Crippen LogP contribution is -2.21. The molecule has 0 aromatic heterocycles. The average molecular weight is 273 g/mol. The summed E-state index contributed by atoms with van der Waals surface area (Å²) in [7, 11) is 0. The number of nitrogens with zero attached hydrogens (tertiary/aromatic N) is 2. The monoisotopic (exact) mass is 273 g/mol. The second-order valence-electron chi connectivity index (χ2n) is 3.44. The van der Waals surface area contributed by atoms with Crippen molar-refractivity contribution < 1.29 is 22.9 Å². The van der Waals surface area contributed by atoms with Crippen molar-refractivity contribution in [3.05, 3.63) is 33.9 Å². The minimum absolute atomic E-state index is 0.166. The van der Waals surface area contributed by atoms with Crippen LogP contribution in [0, 0.1) is 21.4 Å². The standard InChI is InChI=1S/C10H6F3N3O3/c11-10(12,13)4-9(17)15-8-3-7(16(18)19)2-1-6(8)5-14/h1-3H,4H2,(H,15,17). The van der Waals surface area contributed by atoms with E-state index in [4.69, 9.17) is 5.26 Å². The van der Waals surface area contributed by atoms with Crippen molar-refractivity contribution in [2.75, 3.05) is 5.32 Å². The topological polar surface area (TPSA) is 96.0 Å². The fourth-order valence-electron chi connectivity index (χ4n) is 1.22. The van der Waals surface area contributed by atoms with Crippen LogP contribution in [0.3, 0.4) is 0 Å². The molecule has 0 spiro atoms. The Balaban J connectivity index is 2.99. The zero-order valence-corrected chi connectivity index (χ0v) is 9.19. The number of carbonyl (C=O) groups is 1. The van der Waals surface area contributed by atoms with E-state index in [0.717, 1.165) is 18.2 Å². The van der Waals surface area contributed by atoms with Crippen molar-refractivity contribution in [3.8, 4) is 6.07 Å². The van der Waals surface area contributed by atoms with Crippen LogP contribution in [0.2, 0.25) is 0 Å². The van der Waals surface area contributed by atoms with Gasteiger partial charge < -0.3 is 5.32 Å². The lowest BCUT2D eigenvalue weighted by atomic mass is 10.1. The SMILES string of the molecule is N#Cc1ccc([N+](=O)[O-])cc1NC(=O)CC(F)(F)F. The van der Waals surface area contributed by atoms with Gasteiger partial charge in [-0.3, -0.25) is 14.9 Å². The van der Waals surface area contributed by atoms with E-state index in [1.54, 1.807) is 6.07 Å². The Morgan fingerprint density at radius 1 is 1.47 bits per heavy atom. The molecule has 0 aliphatic rings. The lowest BCUT2D eigenvalue weighted by molar-refractivity contribution is -0.384. The van der Waals surface area contributed by atoms with Crippen molar-refractivity contribution in [1.82, 2.24) is 0 Å². The van der Waals surface area contributed by atoms with Crippen LogP contribution >= 0.6 is 0 Å². The van der Waals surface area contributed by atoms with Gasteiger partial charge in [-0.1, -0.05) is 0 Å². The molecule has 0 fully saturated rings. The maximum atomic E-state index is 12.0. The molecular weight excluding hydrogens is 267 g/mol. The van der Waals surface area contributed by atoms with E-state index in [2.05, 4.69) is 0 Å². The summed E-state index contributed by atoms with van der Waals surface area (Å²) in [4.78, 5) is 20.8. The largest absolute Gasteiger partial charge is 0.397 e. The Hall–Kier alpha value is -2.63. The van der Waals surface area contributed by atoms with Gasteiger partial charge in [-0.05, 0) is 6.07 Å². The number of hydrogen-bond donors (Lipinski definition) is 1. The summed E-state index contributed by atoms with van der Waals surface area (Å²) in [6.07, 6.45) is -6.43. The third-order valence-corrected chi connectivity index (χ3v) is 1.97. The predicted octanol–water partition coefficient (Wildman–Crippen LogP) is 2.36. The first-order valence-electron chi connectivity index (χ1n) is 4.78. The second-order valence-corrected chi connectivity index (χ2v) is 3.44. The van der Waals surface area contributed by atoms with Crippen LogP contribution in [0.5, 0.6) is 0 Å². The molecule has 1 aromatic rings. The molecule has 0 heterocycles. The molecule has 1 amide bonds. The molecule has 6 nitrogen and oxygen atoms in total. The molecule has 0 unspecified atom stereocenters. The first-order chi connectivity index (χ1) is 8.73. The summed E-state index contributed by atoms with van der Waals surface area (Å²) in [6, 6.07) is 4.49. The van der Waals surface area contributed by atoms with E-state index in [1.165, 1.54) is 0 Å². The lowest BCUT2D eigenvalue weighted by Gasteiger charge is -2.08. The molecule has 0 saturated carbocycles. The molecule has 0 saturated heterocycles. The number of nitriles is 1. The number of benzene rings is 1. The third-order valence-electron chi connectivity index (χ3n) is 1.97. The number of carbonyl (C=O) groups excluding carboxylic acids is 1. The average Bonchev–Trinajstić information content (AvgIpc) is 2.26. The zero-order chi connectivity index (χ0) is 14.6. The highest BCUT2D eigenvalue weighted by molar-refractivity contribution is 5.92. The molecule has 100 valence electrons. The smallest absolute Gasteiger partial charge is 0.324 e. The number of nitro groups is 1. The van der Waals surface area contributed by atoms with Crippen LogP contribution in [0.25, 0.3) is 0 Å². The number of rotatable bonds is 3. The predicted molar refractivity (Wildman–Crippen MR) is 57.1 cm³/mol. The van der Waals surface area contributed by atoms with Gasteiger partial charge in [0.05, 0.1) is 16.2 Å². The summed E-state index contributed by atoms with van der Waals surface area (Å²) < 4.78 is 35.9. The van der Waals surface area contributed by atoms with Gasteiger partial charge in [0.15, 0.2) is 0 Å². The minimum atomic E-state index is -4.70. The van der Waals surface area contributed by atoms with Gasteiger partial charge in [-0.25, -0.2) is 0 Å². The Bertz CT molecular complexity index is 563.